The van der Waals surface area contributed by atoms with Crippen LogP contribution in [-0.2, 0) is 6.42 Å². The fraction of sp³-hybridized carbons (Fsp3) is 0.474. The summed E-state index contributed by atoms with van der Waals surface area (Å²) in [5, 5.41) is 3.67. The average molecular weight is 285 g/mol. The van der Waals surface area contributed by atoms with Crippen LogP contribution < -0.4 is 10.1 Å². The lowest BCUT2D eigenvalue weighted by atomic mass is 9.77. The van der Waals surface area contributed by atoms with Crippen LogP contribution in [0.2, 0.25) is 0 Å². The SMILES string of the molecule is C=C[C@](C)(CCC=C(C)C)[C@@H]1Cc2cc(OC)ccc2N1. The molecule has 0 bridgehead atoms. The Morgan fingerprint density at radius 1 is 1.48 bits per heavy atom. The smallest absolute Gasteiger partial charge is 0.119 e. The Hall–Kier alpha value is -1.70. The van der Waals surface area contributed by atoms with E-state index in [2.05, 4.69) is 57.0 Å². The van der Waals surface area contributed by atoms with E-state index in [1.54, 1.807) is 7.11 Å². The lowest BCUT2D eigenvalue weighted by Gasteiger charge is -2.33. The van der Waals surface area contributed by atoms with Crippen LogP contribution in [0, 0.1) is 5.41 Å². The van der Waals surface area contributed by atoms with Crippen LogP contribution in [0.25, 0.3) is 0 Å². The molecule has 1 aromatic rings. The molecule has 0 radical (unpaired) electrons. The summed E-state index contributed by atoms with van der Waals surface area (Å²) in [4.78, 5) is 0. The highest BCUT2D eigenvalue weighted by Crippen LogP contribution is 2.40. The van der Waals surface area contributed by atoms with Gasteiger partial charge in [0, 0.05) is 17.1 Å². The molecule has 21 heavy (non-hydrogen) atoms. The van der Waals surface area contributed by atoms with Crippen molar-refractivity contribution < 1.29 is 4.74 Å². The summed E-state index contributed by atoms with van der Waals surface area (Å²) < 4.78 is 5.32. The second-order valence-corrected chi connectivity index (χ2v) is 6.45. The monoisotopic (exact) mass is 285 g/mol. The highest BCUT2D eigenvalue weighted by molar-refractivity contribution is 5.59. The molecule has 2 atom stereocenters. The lowest BCUT2D eigenvalue weighted by molar-refractivity contribution is 0.336. The van der Waals surface area contributed by atoms with Crippen LogP contribution in [-0.4, -0.2) is 13.2 Å². The first-order valence-electron chi connectivity index (χ1n) is 7.69. The maximum absolute atomic E-state index is 5.32. The number of hydrogen-bond acceptors (Lipinski definition) is 2. The summed E-state index contributed by atoms with van der Waals surface area (Å²) in [6, 6.07) is 6.68. The summed E-state index contributed by atoms with van der Waals surface area (Å²) in [7, 11) is 1.72. The van der Waals surface area contributed by atoms with Crippen molar-refractivity contribution in [3.63, 3.8) is 0 Å². The fourth-order valence-electron chi connectivity index (χ4n) is 2.95. The van der Waals surface area contributed by atoms with Crippen molar-refractivity contribution in [1.82, 2.24) is 0 Å². The van der Waals surface area contributed by atoms with Gasteiger partial charge in [-0.15, -0.1) is 6.58 Å². The molecule has 2 rings (SSSR count). The van der Waals surface area contributed by atoms with E-state index in [4.69, 9.17) is 4.74 Å². The van der Waals surface area contributed by atoms with Gasteiger partial charge in [0.1, 0.15) is 5.75 Å². The van der Waals surface area contributed by atoms with E-state index in [0.29, 0.717) is 6.04 Å². The zero-order chi connectivity index (χ0) is 15.5. The standard InChI is InChI=1S/C19H27NO/c1-6-19(4,11-7-8-14(2)3)18-13-15-12-16(21-5)9-10-17(15)20-18/h6,8-10,12,18,20H,1,7,11,13H2,2-5H3/t18-,19+/m0/s1. The van der Waals surface area contributed by atoms with Crippen molar-refractivity contribution in [2.45, 2.75) is 46.1 Å². The molecule has 1 aliphatic heterocycles. The summed E-state index contributed by atoms with van der Waals surface area (Å²) in [5.41, 5.74) is 4.05. The van der Waals surface area contributed by atoms with Crippen molar-refractivity contribution in [2.75, 3.05) is 12.4 Å². The molecule has 0 saturated heterocycles. The van der Waals surface area contributed by atoms with Gasteiger partial charge in [0.05, 0.1) is 7.11 Å². The molecule has 0 fully saturated rings. The minimum absolute atomic E-state index is 0.0954. The maximum Gasteiger partial charge on any atom is 0.119 e. The van der Waals surface area contributed by atoms with E-state index in [-0.39, 0.29) is 5.41 Å². The van der Waals surface area contributed by atoms with E-state index in [1.165, 1.54) is 16.8 Å². The first-order chi connectivity index (χ1) is 9.98. The Labute approximate surface area is 128 Å². The molecular formula is C19H27NO. The zero-order valence-electron chi connectivity index (χ0n) is 13.7. The highest BCUT2D eigenvalue weighted by Gasteiger charge is 2.35. The van der Waals surface area contributed by atoms with Gasteiger partial charge < -0.3 is 10.1 Å². The van der Waals surface area contributed by atoms with Gasteiger partial charge in [-0.05, 0) is 56.9 Å². The molecule has 0 amide bonds. The van der Waals surface area contributed by atoms with Gasteiger partial charge in [-0.25, -0.2) is 0 Å². The van der Waals surface area contributed by atoms with E-state index >= 15 is 0 Å². The van der Waals surface area contributed by atoms with Crippen LogP contribution >= 0.6 is 0 Å². The molecule has 2 nitrogen and oxygen atoms in total. The third-order valence-electron chi connectivity index (χ3n) is 4.56. The van der Waals surface area contributed by atoms with Crippen molar-refractivity contribution in [3.05, 3.63) is 48.1 Å². The third kappa shape index (κ3) is 3.49. The van der Waals surface area contributed by atoms with E-state index in [0.717, 1.165) is 25.0 Å². The van der Waals surface area contributed by atoms with Gasteiger partial charge in [0.15, 0.2) is 0 Å². The predicted octanol–water partition coefficient (Wildman–Crippen LogP) is 4.97. The summed E-state index contributed by atoms with van der Waals surface area (Å²) in [5.74, 6) is 0.932. The molecule has 0 saturated carbocycles. The van der Waals surface area contributed by atoms with Gasteiger partial charge in [-0.2, -0.15) is 0 Å². The first kappa shape index (κ1) is 15.7. The average Bonchev–Trinajstić information content (AvgIpc) is 2.90. The van der Waals surface area contributed by atoms with E-state index in [9.17, 15) is 0 Å². The van der Waals surface area contributed by atoms with Crippen LogP contribution in [0.5, 0.6) is 5.75 Å². The van der Waals surface area contributed by atoms with Gasteiger partial charge in [-0.1, -0.05) is 24.6 Å². The molecule has 0 aliphatic carbocycles. The molecule has 0 unspecified atom stereocenters. The zero-order valence-corrected chi connectivity index (χ0v) is 13.7. The number of benzene rings is 1. The minimum atomic E-state index is 0.0954. The van der Waals surface area contributed by atoms with Crippen molar-refractivity contribution in [1.29, 1.82) is 0 Å². The van der Waals surface area contributed by atoms with Crippen LogP contribution in [0.4, 0.5) is 5.69 Å². The molecule has 1 N–H and O–H groups in total. The van der Waals surface area contributed by atoms with E-state index < -0.39 is 0 Å². The number of nitrogens with one attached hydrogen (secondary N) is 1. The lowest BCUT2D eigenvalue weighted by Crippen LogP contribution is -2.35. The molecular weight excluding hydrogens is 258 g/mol. The van der Waals surface area contributed by atoms with Gasteiger partial charge in [0.25, 0.3) is 0 Å². The largest absolute Gasteiger partial charge is 0.497 e. The summed E-state index contributed by atoms with van der Waals surface area (Å²) in [6.07, 6.45) is 7.68. The van der Waals surface area contributed by atoms with Crippen LogP contribution in [0.3, 0.4) is 0 Å². The molecule has 1 aliphatic rings. The summed E-state index contributed by atoms with van der Waals surface area (Å²) in [6.45, 7) is 10.7. The summed E-state index contributed by atoms with van der Waals surface area (Å²) >= 11 is 0. The Morgan fingerprint density at radius 2 is 2.24 bits per heavy atom. The number of anilines is 1. The number of ether oxygens (including phenoxy) is 1. The molecule has 0 spiro atoms. The molecule has 2 heteroatoms. The number of fused-ring (bicyclic) bond motifs is 1. The van der Waals surface area contributed by atoms with Crippen LogP contribution in [0.15, 0.2) is 42.5 Å². The molecule has 0 aromatic heterocycles. The van der Waals surface area contributed by atoms with Gasteiger partial charge in [-0.3, -0.25) is 0 Å². The second kappa shape index (κ2) is 6.38. The topological polar surface area (TPSA) is 21.3 Å². The Bertz CT molecular complexity index is 542. The minimum Gasteiger partial charge on any atom is -0.497 e. The normalized spacial score (nSPS) is 19.1. The van der Waals surface area contributed by atoms with Crippen molar-refractivity contribution in [2.24, 2.45) is 5.41 Å². The van der Waals surface area contributed by atoms with Crippen molar-refractivity contribution in [3.8, 4) is 5.75 Å². The number of rotatable bonds is 6. The number of allylic oxidation sites excluding steroid dienone is 2. The quantitative estimate of drug-likeness (QED) is 0.745. The maximum atomic E-state index is 5.32. The fourth-order valence-corrected chi connectivity index (χ4v) is 2.95. The molecule has 1 aromatic carbocycles. The number of hydrogen-bond donors (Lipinski definition) is 1. The van der Waals surface area contributed by atoms with Gasteiger partial charge >= 0.3 is 0 Å². The highest BCUT2D eigenvalue weighted by atomic mass is 16.5. The predicted molar refractivity (Wildman–Crippen MR) is 91.1 cm³/mol. The Kier molecular flexibility index (Phi) is 4.76. The second-order valence-electron chi connectivity index (χ2n) is 6.45. The molecule has 114 valence electrons. The van der Waals surface area contributed by atoms with Crippen molar-refractivity contribution >= 4 is 5.69 Å². The Balaban J connectivity index is 2.11. The third-order valence-corrected chi connectivity index (χ3v) is 4.56. The first-order valence-corrected chi connectivity index (χ1v) is 7.69. The van der Waals surface area contributed by atoms with Crippen LogP contribution in [0.1, 0.15) is 39.2 Å². The Morgan fingerprint density at radius 3 is 2.86 bits per heavy atom. The number of methoxy groups -OCH3 is 1. The van der Waals surface area contributed by atoms with E-state index in [1.807, 2.05) is 6.07 Å². The van der Waals surface area contributed by atoms with Gasteiger partial charge in [0.2, 0.25) is 0 Å². The molecule has 1 heterocycles.